The summed E-state index contributed by atoms with van der Waals surface area (Å²) in [5, 5.41) is 5.83. The molecule has 0 heterocycles. The van der Waals surface area contributed by atoms with Crippen LogP contribution < -0.4 is 10.6 Å². The van der Waals surface area contributed by atoms with Gasteiger partial charge in [0.15, 0.2) is 0 Å². The van der Waals surface area contributed by atoms with Gasteiger partial charge in [-0.1, -0.05) is 61.5 Å². The number of hydrogen-bond donors (Lipinski definition) is 2. The van der Waals surface area contributed by atoms with Crippen molar-refractivity contribution in [1.29, 1.82) is 0 Å². The third-order valence-electron chi connectivity index (χ3n) is 6.24. The van der Waals surface area contributed by atoms with Crippen LogP contribution >= 0.6 is 11.8 Å². The van der Waals surface area contributed by atoms with E-state index in [9.17, 15) is 14.4 Å². The number of aryl methyl sites for hydroxylation is 1. The van der Waals surface area contributed by atoms with Crippen LogP contribution in [-0.4, -0.2) is 52.5 Å². The van der Waals surface area contributed by atoms with E-state index in [1.807, 2.05) is 81.6 Å². The van der Waals surface area contributed by atoms with Crippen LogP contribution in [0.4, 0.5) is 4.79 Å². The van der Waals surface area contributed by atoms with Gasteiger partial charge in [-0.3, -0.25) is 9.59 Å². The zero-order valence-corrected chi connectivity index (χ0v) is 24.6. The molecule has 3 amide bonds. The molecular formula is C30H43N3O4S. The van der Waals surface area contributed by atoms with Gasteiger partial charge in [-0.05, 0) is 76.2 Å². The van der Waals surface area contributed by atoms with Gasteiger partial charge in [0.25, 0.3) is 0 Å². The zero-order chi connectivity index (χ0) is 28.3. The van der Waals surface area contributed by atoms with Crippen LogP contribution in [0.5, 0.6) is 0 Å². The van der Waals surface area contributed by atoms with Crippen LogP contribution in [-0.2, 0) is 20.9 Å². The lowest BCUT2D eigenvalue weighted by molar-refractivity contribution is -0.145. The maximum atomic E-state index is 14.2. The number of benzene rings is 2. The van der Waals surface area contributed by atoms with E-state index in [1.165, 1.54) is 0 Å². The second kappa shape index (κ2) is 14.8. The molecule has 3 atom stereocenters. The number of alkyl carbamates (subject to hydrolysis) is 1. The maximum absolute atomic E-state index is 14.2. The fourth-order valence-corrected chi connectivity index (χ4v) is 4.58. The Kier molecular flexibility index (Phi) is 12.2. The van der Waals surface area contributed by atoms with Crippen molar-refractivity contribution in [3.8, 4) is 0 Å². The van der Waals surface area contributed by atoms with E-state index in [0.29, 0.717) is 25.1 Å². The summed E-state index contributed by atoms with van der Waals surface area (Å²) in [7, 11) is 0. The SMILES string of the molecule is CCC(C)N(C(=O)C(CCSC)NC(=O)OC(C)(C)C)C(C(=O)NCc1ccccc1)c1ccccc1C. The van der Waals surface area contributed by atoms with Gasteiger partial charge in [-0.15, -0.1) is 0 Å². The first-order chi connectivity index (χ1) is 18.0. The van der Waals surface area contributed by atoms with Gasteiger partial charge in [-0.2, -0.15) is 11.8 Å². The summed E-state index contributed by atoms with van der Waals surface area (Å²) >= 11 is 1.59. The van der Waals surface area contributed by atoms with Crippen LogP contribution in [0, 0.1) is 6.92 Å². The third-order valence-corrected chi connectivity index (χ3v) is 6.88. The van der Waals surface area contributed by atoms with E-state index in [-0.39, 0.29) is 17.9 Å². The molecule has 0 saturated carbocycles. The van der Waals surface area contributed by atoms with Gasteiger partial charge in [0.05, 0.1) is 0 Å². The van der Waals surface area contributed by atoms with Crippen molar-refractivity contribution < 1.29 is 19.1 Å². The summed E-state index contributed by atoms with van der Waals surface area (Å²) in [6.45, 7) is 11.5. The van der Waals surface area contributed by atoms with E-state index in [4.69, 9.17) is 4.74 Å². The van der Waals surface area contributed by atoms with Crippen molar-refractivity contribution in [3.05, 3.63) is 71.3 Å². The van der Waals surface area contributed by atoms with Crippen LogP contribution in [0.2, 0.25) is 0 Å². The quantitative estimate of drug-likeness (QED) is 0.364. The van der Waals surface area contributed by atoms with Gasteiger partial charge in [0.1, 0.15) is 17.7 Å². The lowest BCUT2D eigenvalue weighted by Crippen LogP contribution is -2.55. The summed E-state index contributed by atoms with van der Waals surface area (Å²) < 4.78 is 5.46. The maximum Gasteiger partial charge on any atom is 0.408 e. The fraction of sp³-hybridized carbons (Fsp3) is 0.500. The monoisotopic (exact) mass is 541 g/mol. The Hall–Kier alpha value is -3.00. The van der Waals surface area contributed by atoms with Crippen molar-refractivity contribution in [3.63, 3.8) is 0 Å². The minimum Gasteiger partial charge on any atom is -0.444 e. The minimum absolute atomic E-state index is 0.258. The summed E-state index contributed by atoms with van der Waals surface area (Å²) in [6.07, 6.45) is 2.36. The summed E-state index contributed by atoms with van der Waals surface area (Å²) in [4.78, 5) is 42.4. The molecule has 0 saturated heterocycles. The van der Waals surface area contributed by atoms with Crippen molar-refractivity contribution in [1.82, 2.24) is 15.5 Å². The molecule has 2 rings (SSSR count). The number of nitrogens with one attached hydrogen (secondary N) is 2. The molecule has 0 aromatic heterocycles. The molecule has 0 aliphatic carbocycles. The van der Waals surface area contributed by atoms with Crippen molar-refractivity contribution in [2.45, 2.75) is 84.7 Å². The number of amides is 3. The lowest BCUT2D eigenvalue weighted by atomic mass is 9.96. The molecule has 38 heavy (non-hydrogen) atoms. The standard InChI is InChI=1S/C30H43N3O4S/c1-8-22(3)33(28(35)25(18-19-38-7)32-29(36)37-30(4,5)6)26(24-17-13-12-14-21(24)2)27(34)31-20-23-15-10-9-11-16-23/h9-17,22,25-26H,8,18-20H2,1-7H3,(H,31,34)(H,32,36). The molecule has 0 aliphatic rings. The molecule has 2 aromatic rings. The molecule has 7 nitrogen and oxygen atoms in total. The van der Waals surface area contributed by atoms with Gasteiger partial charge < -0.3 is 20.3 Å². The van der Waals surface area contributed by atoms with Crippen molar-refractivity contribution in [2.24, 2.45) is 0 Å². The average Bonchev–Trinajstić information content (AvgIpc) is 2.87. The molecule has 208 valence electrons. The highest BCUT2D eigenvalue weighted by molar-refractivity contribution is 7.98. The smallest absolute Gasteiger partial charge is 0.408 e. The van der Waals surface area contributed by atoms with Crippen LogP contribution in [0.25, 0.3) is 0 Å². The zero-order valence-electron chi connectivity index (χ0n) is 23.7. The van der Waals surface area contributed by atoms with Gasteiger partial charge in [0, 0.05) is 12.6 Å². The van der Waals surface area contributed by atoms with Crippen molar-refractivity contribution >= 4 is 29.7 Å². The normalized spacial score (nSPS) is 13.7. The number of thioether (sulfide) groups is 1. The highest BCUT2D eigenvalue weighted by atomic mass is 32.2. The molecule has 0 bridgehead atoms. The summed E-state index contributed by atoms with van der Waals surface area (Å²) in [6, 6.07) is 15.3. The summed E-state index contributed by atoms with van der Waals surface area (Å²) in [5.74, 6) is 0.0931. The Bertz CT molecular complexity index is 1050. The molecule has 8 heteroatoms. The van der Waals surface area contributed by atoms with E-state index < -0.39 is 23.8 Å². The molecule has 0 aliphatic heterocycles. The number of rotatable bonds is 12. The first-order valence-electron chi connectivity index (χ1n) is 13.2. The third kappa shape index (κ3) is 9.39. The molecule has 2 N–H and O–H groups in total. The minimum atomic E-state index is -0.862. The van der Waals surface area contributed by atoms with Gasteiger partial charge in [0.2, 0.25) is 11.8 Å². The predicted molar refractivity (Wildman–Crippen MR) is 155 cm³/mol. The second-order valence-corrected chi connectivity index (χ2v) is 11.4. The highest BCUT2D eigenvalue weighted by Crippen LogP contribution is 2.29. The topological polar surface area (TPSA) is 87.7 Å². The fourth-order valence-electron chi connectivity index (χ4n) is 4.11. The molecule has 0 radical (unpaired) electrons. The van der Waals surface area contributed by atoms with E-state index in [1.54, 1.807) is 37.4 Å². The Morgan fingerprint density at radius 2 is 1.66 bits per heavy atom. The van der Waals surface area contributed by atoms with Crippen LogP contribution in [0.15, 0.2) is 54.6 Å². The highest BCUT2D eigenvalue weighted by Gasteiger charge is 2.38. The first-order valence-corrected chi connectivity index (χ1v) is 14.6. The molecule has 0 spiro atoms. The number of carbonyl (C=O) groups excluding carboxylic acids is 3. The lowest BCUT2D eigenvalue weighted by Gasteiger charge is -2.38. The number of carbonyl (C=O) groups is 3. The Morgan fingerprint density at radius 1 is 1.03 bits per heavy atom. The number of ether oxygens (including phenoxy) is 1. The molecule has 0 fully saturated rings. The average molecular weight is 542 g/mol. The van der Waals surface area contributed by atoms with E-state index in [2.05, 4.69) is 10.6 Å². The second-order valence-electron chi connectivity index (χ2n) is 10.4. The predicted octanol–water partition coefficient (Wildman–Crippen LogP) is 5.63. The summed E-state index contributed by atoms with van der Waals surface area (Å²) in [5.41, 5.74) is 1.94. The molecule has 3 unspecified atom stereocenters. The van der Waals surface area contributed by atoms with E-state index in [0.717, 1.165) is 16.7 Å². The van der Waals surface area contributed by atoms with E-state index >= 15 is 0 Å². The van der Waals surface area contributed by atoms with Crippen LogP contribution in [0.1, 0.15) is 70.2 Å². The van der Waals surface area contributed by atoms with Crippen molar-refractivity contribution in [2.75, 3.05) is 12.0 Å². The number of hydrogen-bond acceptors (Lipinski definition) is 5. The molecule has 2 aromatic carbocycles. The van der Waals surface area contributed by atoms with Gasteiger partial charge >= 0.3 is 6.09 Å². The van der Waals surface area contributed by atoms with Crippen LogP contribution in [0.3, 0.4) is 0 Å². The Labute approximate surface area is 232 Å². The van der Waals surface area contributed by atoms with Gasteiger partial charge in [-0.25, -0.2) is 4.79 Å². The number of nitrogens with zero attached hydrogens (tertiary/aromatic N) is 1. The largest absolute Gasteiger partial charge is 0.444 e. The Balaban J connectivity index is 2.48. The first kappa shape index (κ1) is 31.2. The Morgan fingerprint density at radius 3 is 2.24 bits per heavy atom. The molecular weight excluding hydrogens is 498 g/mol.